The van der Waals surface area contributed by atoms with E-state index in [-0.39, 0.29) is 12.2 Å². The fraction of sp³-hybridized carbons (Fsp3) is 0.188. The maximum absolute atomic E-state index is 12.3. The van der Waals surface area contributed by atoms with Crippen molar-refractivity contribution in [3.63, 3.8) is 0 Å². The number of aliphatic hydroxyl groups is 1. The maximum atomic E-state index is 12.3. The Morgan fingerprint density at radius 3 is 2.90 bits per heavy atom. The molecule has 0 bridgehead atoms. The minimum Gasteiger partial charge on any atom is -0.395 e. The molecule has 3 rings (SSSR count). The molecule has 0 fully saturated rings. The molecule has 2 heterocycles. The van der Waals surface area contributed by atoms with Crippen LogP contribution >= 0.6 is 22.9 Å². The Bertz CT molecular complexity index is 877. The van der Waals surface area contributed by atoms with Crippen molar-refractivity contribution in [3.05, 3.63) is 56.5 Å². The number of benzene rings is 1. The lowest BCUT2D eigenvalue weighted by Crippen LogP contribution is -2.13. The van der Waals surface area contributed by atoms with Gasteiger partial charge in [-0.25, -0.2) is 0 Å². The van der Waals surface area contributed by atoms with Gasteiger partial charge >= 0.3 is 0 Å². The molecule has 106 valence electrons. The Morgan fingerprint density at radius 2 is 2.10 bits per heavy atom. The van der Waals surface area contributed by atoms with E-state index >= 15 is 0 Å². The van der Waals surface area contributed by atoms with Gasteiger partial charge in [-0.15, -0.1) is 11.3 Å². The van der Waals surface area contributed by atoms with E-state index < -0.39 is 0 Å². The summed E-state index contributed by atoms with van der Waals surface area (Å²) in [5.41, 5.74) is 0.996. The second-order valence-corrected chi connectivity index (χ2v) is 6.53. The molecule has 3 nitrogen and oxygen atoms in total. The van der Waals surface area contributed by atoms with E-state index in [9.17, 15) is 4.79 Å². The smallest absolute Gasteiger partial charge is 0.268 e. The first-order valence-corrected chi connectivity index (χ1v) is 8.20. The molecule has 0 aliphatic carbocycles. The number of aliphatic hydroxyl groups excluding tert-OH is 1. The van der Waals surface area contributed by atoms with Crippen molar-refractivity contribution in [2.75, 3.05) is 6.61 Å². The zero-order valence-electron chi connectivity index (χ0n) is 11.2. The van der Waals surface area contributed by atoms with Crippen molar-refractivity contribution in [2.24, 2.45) is 0 Å². The van der Waals surface area contributed by atoms with Gasteiger partial charge < -0.3 is 5.11 Å². The van der Waals surface area contributed by atoms with Crippen molar-refractivity contribution in [3.8, 4) is 11.8 Å². The number of rotatable bonds is 3. The monoisotopic (exact) mass is 315 g/mol. The number of nitrogens with zero attached hydrogens (tertiary/aromatic N) is 1. The number of aromatic nitrogens is 1. The Hall–Kier alpha value is -1.87. The van der Waals surface area contributed by atoms with Gasteiger partial charge in [0.25, 0.3) is 5.56 Å². The van der Waals surface area contributed by atoms with E-state index in [1.54, 1.807) is 15.3 Å². The number of hydrogen-bond donors (Lipinski definition) is 1. The SMILES string of the molecule is O=c1c2ccccc2sn1Cc1sccc1C#CCCO. The van der Waals surface area contributed by atoms with Gasteiger partial charge in [-0.2, -0.15) is 0 Å². The summed E-state index contributed by atoms with van der Waals surface area (Å²) in [5, 5.41) is 11.5. The third-order valence-corrected chi connectivity index (χ3v) is 5.02. The van der Waals surface area contributed by atoms with Crippen molar-refractivity contribution in [2.45, 2.75) is 13.0 Å². The summed E-state index contributed by atoms with van der Waals surface area (Å²) >= 11 is 3.08. The van der Waals surface area contributed by atoms with Crippen LogP contribution in [-0.4, -0.2) is 15.7 Å². The minimum atomic E-state index is 0.0540. The first kappa shape index (κ1) is 14.1. The predicted octanol–water partition coefficient (Wildman–Crippen LogP) is 2.91. The van der Waals surface area contributed by atoms with Gasteiger partial charge in [0.1, 0.15) is 0 Å². The normalized spacial score (nSPS) is 10.5. The van der Waals surface area contributed by atoms with Gasteiger partial charge in [0.15, 0.2) is 0 Å². The molecule has 0 spiro atoms. The van der Waals surface area contributed by atoms with Crippen LogP contribution in [0.2, 0.25) is 0 Å². The van der Waals surface area contributed by atoms with Crippen LogP contribution < -0.4 is 5.56 Å². The van der Waals surface area contributed by atoms with Crippen LogP contribution in [0.4, 0.5) is 0 Å². The molecule has 0 aliphatic rings. The Balaban J connectivity index is 1.93. The van der Waals surface area contributed by atoms with E-state index in [4.69, 9.17) is 5.11 Å². The highest BCUT2D eigenvalue weighted by Gasteiger charge is 2.09. The zero-order valence-corrected chi connectivity index (χ0v) is 12.8. The van der Waals surface area contributed by atoms with Crippen LogP contribution in [0.3, 0.4) is 0 Å². The summed E-state index contributed by atoms with van der Waals surface area (Å²) in [5.74, 6) is 5.98. The first-order valence-electron chi connectivity index (χ1n) is 6.54. The van der Waals surface area contributed by atoms with Crippen LogP contribution in [-0.2, 0) is 6.54 Å². The lowest BCUT2D eigenvalue weighted by atomic mass is 10.2. The molecule has 5 heteroatoms. The van der Waals surface area contributed by atoms with Crippen LogP contribution in [0.25, 0.3) is 10.1 Å². The molecule has 21 heavy (non-hydrogen) atoms. The fourth-order valence-corrected chi connectivity index (χ4v) is 3.95. The summed E-state index contributed by atoms with van der Waals surface area (Å²) in [6, 6.07) is 9.62. The van der Waals surface area contributed by atoms with Gasteiger partial charge in [0.05, 0.1) is 23.2 Å². The van der Waals surface area contributed by atoms with Crippen molar-refractivity contribution in [1.29, 1.82) is 0 Å². The Labute approximate surface area is 130 Å². The van der Waals surface area contributed by atoms with Crippen molar-refractivity contribution in [1.82, 2.24) is 3.96 Å². The minimum absolute atomic E-state index is 0.0540. The van der Waals surface area contributed by atoms with E-state index in [0.29, 0.717) is 13.0 Å². The van der Waals surface area contributed by atoms with Crippen LogP contribution in [0.15, 0.2) is 40.5 Å². The molecule has 0 unspecified atom stereocenters. The van der Waals surface area contributed by atoms with E-state index in [1.807, 2.05) is 35.7 Å². The number of thiophene rings is 1. The highest BCUT2D eigenvalue weighted by atomic mass is 32.1. The average Bonchev–Trinajstić information content (AvgIpc) is 3.06. The number of fused-ring (bicyclic) bond motifs is 1. The van der Waals surface area contributed by atoms with Gasteiger partial charge in [0.2, 0.25) is 0 Å². The Kier molecular flexibility index (Phi) is 4.20. The molecule has 0 aliphatic heterocycles. The second-order valence-electron chi connectivity index (χ2n) is 4.46. The van der Waals surface area contributed by atoms with Gasteiger partial charge in [-0.05, 0) is 23.6 Å². The first-order chi connectivity index (χ1) is 10.3. The largest absolute Gasteiger partial charge is 0.395 e. The molecule has 0 amide bonds. The Morgan fingerprint density at radius 1 is 1.24 bits per heavy atom. The highest BCUT2D eigenvalue weighted by Crippen LogP contribution is 2.21. The summed E-state index contributed by atoms with van der Waals surface area (Å²) in [4.78, 5) is 13.4. The van der Waals surface area contributed by atoms with Crippen molar-refractivity contribution < 1.29 is 5.11 Å². The molecule has 0 saturated heterocycles. The summed E-state index contributed by atoms with van der Waals surface area (Å²) in [6.07, 6.45) is 0.470. The number of hydrogen-bond acceptors (Lipinski definition) is 4. The third kappa shape index (κ3) is 2.93. The average molecular weight is 315 g/mol. The van der Waals surface area contributed by atoms with Gasteiger partial charge in [-0.3, -0.25) is 8.75 Å². The van der Waals surface area contributed by atoms with E-state index in [2.05, 4.69) is 11.8 Å². The molecule has 0 atom stereocenters. The molecular weight excluding hydrogens is 302 g/mol. The van der Waals surface area contributed by atoms with Crippen LogP contribution in [0, 0.1) is 11.8 Å². The summed E-state index contributed by atoms with van der Waals surface area (Å²) in [6.45, 7) is 0.626. The standard InChI is InChI=1S/C16H13NO2S2/c18-9-4-3-5-12-8-10-20-15(12)11-17-16(19)13-6-1-2-7-14(13)21-17/h1-2,6-8,10,18H,4,9,11H2. The lowest BCUT2D eigenvalue weighted by molar-refractivity contribution is 0.305. The van der Waals surface area contributed by atoms with Crippen LogP contribution in [0.5, 0.6) is 0 Å². The third-order valence-electron chi connectivity index (χ3n) is 3.05. The van der Waals surface area contributed by atoms with E-state index in [1.165, 1.54) is 11.5 Å². The summed E-state index contributed by atoms with van der Waals surface area (Å²) in [7, 11) is 0. The molecule has 1 N–H and O–H groups in total. The molecular formula is C16H13NO2S2. The van der Waals surface area contributed by atoms with Crippen LogP contribution in [0.1, 0.15) is 16.9 Å². The lowest BCUT2D eigenvalue weighted by Gasteiger charge is -1.98. The fourth-order valence-electron chi connectivity index (χ4n) is 2.04. The highest BCUT2D eigenvalue weighted by molar-refractivity contribution is 7.14. The predicted molar refractivity (Wildman–Crippen MR) is 88.1 cm³/mol. The second kappa shape index (κ2) is 6.27. The van der Waals surface area contributed by atoms with Crippen molar-refractivity contribution >= 4 is 33.0 Å². The van der Waals surface area contributed by atoms with E-state index in [0.717, 1.165) is 20.5 Å². The topological polar surface area (TPSA) is 42.2 Å². The summed E-state index contributed by atoms with van der Waals surface area (Å²) < 4.78 is 2.78. The maximum Gasteiger partial charge on any atom is 0.268 e. The molecule has 1 aromatic carbocycles. The van der Waals surface area contributed by atoms with Gasteiger partial charge in [0, 0.05) is 16.9 Å². The zero-order chi connectivity index (χ0) is 14.7. The quantitative estimate of drug-likeness (QED) is 0.755. The van der Waals surface area contributed by atoms with Gasteiger partial charge in [-0.1, -0.05) is 35.5 Å². The molecule has 2 aromatic heterocycles. The molecule has 0 saturated carbocycles. The molecule has 0 radical (unpaired) electrons. The molecule has 3 aromatic rings.